The highest BCUT2D eigenvalue weighted by Gasteiger charge is 2.14. The molecule has 0 amide bonds. The van der Waals surface area contributed by atoms with Crippen molar-refractivity contribution in [2.75, 3.05) is 0 Å². The van der Waals surface area contributed by atoms with Crippen molar-refractivity contribution in [1.29, 1.82) is 0 Å². The zero-order chi connectivity index (χ0) is 14.8. The summed E-state index contributed by atoms with van der Waals surface area (Å²) in [5.74, 6) is 0.464. The van der Waals surface area contributed by atoms with Crippen LogP contribution in [0.4, 0.5) is 4.39 Å². The lowest BCUT2D eigenvalue weighted by Crippen LogP contribution is -2.21. The predicted molar refractivity (Wildman–Crippen MR) is 79.7 cm³/mol. The minimum atomic E-state index is -0.312. The summed E-state index contributed by atoms with van der Waals surface area (Å²) in [4.78, 5) is 0. The van der Waals surface area contributed by atoms with Crippen molar-refractivity contribution < 1.29 is 4.39 Å². The van der Waals surface area contributed by atoms with Crippen molar-refractivity contribution in [3.05, 3.63) is 64.8 Å². The Morgan fingerprint density at radius 2 is 2.10 bits per heavy atom. The van der Waals surface area contributed by atoms with Crippen LogP contribution >= 0.6 is 11.6 Å². The molecule has 1 atom stereocenters. The minimum absolute atomic E-state index is 0.0851. The Bertz CT molecular complexity index is 751. The number of hydrogen-bond acceptors (Lipinski definition) is 3. The first-order valence-corrected chi connectivity index (χ1v) is 7.00. The van der Waals surface area contributed by atoms with Crippen LogP contribution in [-0.4, -0.2) is 14.6 Å². The molecule has 0 radical (unpaired) electrons. The van der Waals surface area contributed by atoms with Gasteiger partial charge in [-0.25, -0.2) is 4.39 Å². The summed E-state index contributed by atoms with van der Waals surface area (Å²) < 4.78 is 15.6. The Balaban J connectivity index is 1.79. The molecule has 0 saturated heterocycles. The number of aromatic nitrogens is 3. The van der Waals surface area contributed by atoms with Gasteiger partial charge in [0.15, 0.2) is 11.5 Å². The normalized spacial score (nSPS) is 12.7. The van der Waals surface area contributed by atoms with Gasteiger partial charge >= 0.3 is 0 Å². The van der Waals surface area contributed by atoms with E-state index in [0.717, 1.165) is 11.5 Å². The Kier molecular flexibility index (Phi) is 3.86. The average Bonchev–Trinajstić information content (AvgIpc) is 2.90. The highest BCUT2D eigenvalue weighted by Crippen LogP contribution is 2.20. The van der Waals surface area contributed by atoms with Gasteiger partial charge in [-0.15, -0.1) is 10.2 Å². The fourth-order valence-corrected chi connectivity index (χ4v) is 2.43. The van der Waals surface area contributed by atoms with Gasteiger partial charge in [0.25, 0.3) is 0 Å². The van der Waals surface area contributed by atoms with Crippen LogP contribution in [0.1, 0.15) is 24.4 Å². The molecule has 0 fully saturated rings. The molecule has 2 heterocycles. The zero-order valence-corrected chi connectivity index (χ0v) is 12.2. The summed E-state index contributed by atoms with van der Waals surface area (Å²) in [6.45, 7) is 2.28. The van der Waals surface area contributed by atoms with E-state index in [1.165, 1.54) is 6.07 Å². The first-order valence-electron chi connectivity index (χ1n) is 6.63. The third-order valence-electron chi connectivity index (χ3n) is 3.37. The summed E-state index contributed by atoms with van der Waals surface area (Å²) >= 11 is 6.02. The van der Waals surface area contributed by atoms with Gasteiger partial charge in [0.05, 0.1) is 6.04 Å². The molecule has 0 spiro atoms. The van der Waals surface area contributed by atoms with Crippen molar-refractivity contribution in [3.63, 3.8) is 0 Å². The average molecular weight is 305 g/mol. The summed E-state index contributed by atoms with van der Waals surface area (Å²) in [6, 6.07) is 10.3. The second-order valence-corrected chi connectivity index (χ2v) is 5.20. The van der Waals surface area contributed by atoms with E-state index >= 15 is 0 Å². The summed E-state index contributed by atoms with van der Waals surface area (Å²) in [5.41, 5.74) is 1.24. The first kappa shape index (κ1) is 14.0. The molecule has 6 heteroatoms. The maximum atomic E-state index is 13.7. The standard InChI is InChI=1S/C15H14ClFN4/c1-10(15-20-19-14-7-2-3-8-21(14)15)18-9-11-12(16)5-4-6-13(11)17/h2-8,10,18H,9H2,1H3/t10-/m1/s1. The Labute approximate surface area is 126 Å². The second kappa shape index (κ2) is 5.79. The summed E-state index contributed by atoms with van der Waals surface area (Å²) in [5, 5.41) is 11.9. The van der Waals surface area contributed by atoms with Gasteiger partial charge < -0.3 is 5.32 Å². The highest BCUT2D eigenvalue weighted by molar-refractivity contribution is 6.31. The third-order valence-corrected chi connectivity index (χ3v) is 3.73. The van der Waals surface area contributed by atoms with E-state index in [0.29, 0.717) is 17.1 Å². The van der Waals surface area contributed by atoms with Gasteiger partial charge in [0.2, 0.25) is 0 Å². The van der Waals surface area contributed by atoms with Crippen molar-refractivity contribution in [3.8, 4) is 0 Å². The molecular formula is C15H14ClFN4. The van der Waals surface area contributed by atoms with Crippen LogP contribution in [-0.2, 0) is 6.54 Å². The van der Waals surface area contributed by atoms with E-state index in [1.54, 1.807) is 12.1 Å². The van der Waals surface area contributed by atoms with Crippen LogP contribution in [0.2, 0.25) is 5.02 Å². The third kappa shape index (κ3) is 2.75. The molecule has 0 unspecified atom stereocenters. The Morgan fingerprint density at radius 1 is 1.24 bits per heavy atom. The molecule has 21 heavy (non-hydrogen) atoms. The van der Waals surface area contributed by atoms with E-state index in [4.69, 9.17) is 11.6 Å². The lowest BCUT2D eigenvalue weighted by molar-refractivity contribution is 0.522. The Morgan fingerprint density at radius 3 is 2.90 bits per heavy atom. The fraction of sp³-hybridized carbons (Fsp3) is 0.200. The number of benzene rings is 1. The topological polar surface area (TPSA) is 42.2 Å². The molecule has 0 saturated carbocycles. The van der Waals surface area contributed by atoms with Gasteiger partial charge in [-0.05, 0) is 31.2 Å². The number of rotatable bonds is 4. The summed E-state index contributed by atoms with van der Waals surface area (Å²) in [7, 11) is 0. The van der Waals surface area contributed by atoms with Crippen LogP contribution in [0.15, 0.2) is 42.6 Å². The molecule has 0 bridgehead atoms. The van der Waals surface area contributed by atoms with Crippen LogP contribution < -0.4 is 5.32 Å². The Hall–Kier alpha value is -1.98. The summed E-state index contributed by atoms with van der Waals surface area (Å²) in [6.07, 6.45) is 1.90. The number of nitrogens with zero attached hydrogens (tertiary/aromatic N) is 3. The minimum Gasteiger partial charge on any atom is -0.303 e. The molecule has 0 aliphatic rings. The number of fused-ring (bicyclic) bond motifs is 1. The monoisotopic (exact) mass is 304 g/mol. The van der Waals surface area contributed by atoms with Crippen molar-refractivity contribution in [2.24, 2.45) is 0 Å². The maximum absolute atomic E-state index is 13.7. The quantitative estimate of drug-likeness (QED) is 0.803. The zero-order valence-electron chi connectivity index (χ0n) is 11.4. The van der Waals surface area contributed by atoms with Crippen LogP contribution in [0.3, 0.4) is 0 Å². The van der Waals surface area contributed by atoms with Gasteiger partial charge in [-0.2, -0.15) is 0 Å². The molecule has 0 aliphatic heterocycles. The lowest BCUT2D eigenvalue weighted by atomic mass is 10.2. The largest absolute Gasteiger partial charge is 0.303 e. The van der Waals surface area contributed by atoms with Crippen LogP contribution in [0.25, 0.3) is 5.65 Å². The molecule has 2 aromatic heterocycles. The molecule has 3 aromatic rings. The molecular weight excluding hydrogens is 291 g/mol. The second-order valence-electron chi connectivity index (χ2n) is 4.79. The number of halogens is 2. The van der Waals surface area contributed by atoms with Gasteiger partial charge in [-0.3, -0.25) is 4.40 Å². The van der Waals surface area contributed by atoms with E-state index in [9.17, 15) is 4.39 Å². The van der Waals surface area contributed by atoms with Crippen LogP contribution in [0, 0.1) is 5.82 Å². The number of nitrogens with one attached hydrogen (secondary N) is 1. The molecule has 108 valence electrons. The smallest absolute Gasteiger partial charge is 0.160 e. The van der Waals surface area contributed by atoms with Crippen molar-refractivity contribution in [2.45, 2.75) is 19.5 Å². The number of pyridine rings is 1. The SMILES string of the molecule is C[C@@H](NCc1c(F)cccc1Cl)c1nnc2ccccn12. The van der Waals surface area contributed by atoms with Gasteiger partial charge in [0, 0.05) is 23.3 Å². The van der Waals surface area contributed by atoms with E-state index < -0.39 is 0 Å². The van der Waals surface area contributed by atoms with Gasteiger partial charge in [-0.1, -0.05) is 23.7 Å². The molecule has 1 aromatic carbocycles. The lowest BCUT2D eigenvalue weighted by Gasteiger charge is -2.13. The highest BCUT2D eigenvalue weighted by atomic mass is 35.5. The van der Waals surface area contributed by atoms with Crippen LogP contribution in [0.5, 0.6) is 0 Å². The fourth-order valence-electron chi connectivity index (χ4n) is 2.20. The van der Waals surface area contributed by atoms with Crippen molar-refractivity contribution >= 4 is 17.2 Å². The van der Waals surface area contributed by atoms with Gasteiger partial charge in [0.1, 0.15) is 5.82 Å². The van der Waals surface area contributed by atoms with E-state index in [2.05, 4.69) is 15.5 Å². The van der Waals surface area contributed by atoms with Crippen molar-refractivity contribution in [1.82, 2.24) is 19.9 Å². The molecule has 0 aliphatic carbocycles. The molecule has 3 rings (SSSR count). The first-order chi connectivity index (χ1) is 10.2. The molecule has 4 nitrogen and oxygen atoms in total. The van der Waals surface area contributed by atoms with E-state index in [-0.39, 0.29) is 11.9 Å². The van der Waals surface area contributed by atoms with E-state index in [1.807, 2.05) is 35.7 Å². The maximum Gasteiger partial charge on any atom is 0.160 e. The number of hydrogen-bond donors (Lipinski definition) is 1. The molecule has 1 N–H and O–H groups in total. The predicted octanol–water partition coefficient (Wildman–Crippen LogP) is 3.37.